The van der Waals surface area contributed by atoms with Gasteiger partial charge in [-0.15, -0.1) is 0 Å². The molecule has 0 heterocycles. The van der Waals surface area contributed by atoms with Crippen LogP contribution in [-0.4, -0.2) is 18.3 Å². The van der Waals surface area contributed by atoms with Crippen LogP contribution in [0.2, 0.25) is 0 Å². The first-order chi connectivity index (χ1) is 14.4. The molecule has 3 nitrogen and oxygen atoms in total. The molecule has 0 amide bonds. The number of ether oxygens (including phenoxy) is 1. The van der Waals surface area contributed by atoms with Crippen LogP contribution in [0.15, 0.2) is 48.5 Å². The predicted octanol–water partition coefficient (Wildman–Crippen LogP) is 6.48. The lowest BCUT2D eigenvalue weighted by Crippen LogP contribution is -2.04. The van der Waals surface area contributed by atoms with Gasteiger partial charge in [0.2, 0.25) is 0 Å². The third-order valence-corrected chi connectivity index (χ3v) is 4.66. The van der Waals surface area contributed by atoms with Gasteiger partial charge in [0.15, 0.2) is 0 Å². The standard InChI is InChI=1S/C24H26F3NO2/c25-24(26,27)22-11-9-20(10-12-22)21(18-28)17-19-7-13-23(14-8-19)30-16-6-4-2-1-3-5-15-29/h7-14,17,29H,1-6,15-16H2. The Bertz CT molecular complexity index is 835. The average molecular weight is 417 g/mol. The van der Waals surface area contributed by atoms with Crippen molar-refractivity contribution in [3.63, 3.8) is 0 Å². The van der Waals surface area contributed by atoms with Gasteiger partial charge < -0.3 is 9.84 Å². The number of allylic oxidation sites excluding steroid dienone is 1. The van der Waals surface area contributed by atoms with Gasteiger partial charge in [0, 0.05) is 6.61 Å². The van der Waals surface area contributed by atoms with Crippen molar-refractivity contribution in [2.45, 2.75) is 44.7 Å². The van der Waals surface area contributed by atoms with Gasteiger partial charge in [-0.05, 0) is 54.3 Å². The minimum absolute atomic E-state index is 0.258. The van der Waals surface area contributed by atoms with E-state index in [1.54, 1.807) is 6.08 Å². The summed E-state index contributed by atoms with van der Waals surface area (Å²) < 4.78 is 43.8. The molecule has 0 aliphatic heterocycles. The van der Waals surface area contributed by atoms with Gasteiger partial charge in [0.05, 0.1) is 23.8 Å². The predicted molar refractivity (Wildman–Crippen MR) is 112 cm³/mol. The molecular formula is C24H26F3NO2. The highest BCUT2D eigenvalue weighted by molar-refractivity contribution is 5.89. The van der Waals surface area contributed by atoms with Crippen LogP contribution in [0.4, 0.5) is 13.2 Å². The summed E-state index contributed by atoms with van der Waals surface area (Å²) in [5.41, 5.74) is 0.751. The number of alkyl halides is 3. The Morgan fingerprint density at radius 2 is 1.50 bits per heavy atom. The van der Waals surface area contributed by atoms with Crippen LogP contribution in [0.25, 0.3) is 11.6 Å². The molecule has 2 rings (SSSR count). The molecule has 0 atom stereocenters. The smallest absolute Gasteiger partial charge is 0.416 e. The number of rotatable bonds is 11. The SMILES string of the molecule is N#CC(=Cc1ccc(OCCCCCCCCO)cc1)c1ccc(C(F)(F)F)cc1. The van der Waals surface area contributed by atoms with Gasteiger partial charge in [0.1, 0.15) is 5.75 Å². The van der Waals surface area contributed by atoms with E-state index >= 15 is 0 Å². The first kappa shape index (κ1) is 23.5. The quantitative estimate of drug-likeness (QED) is 0.259. The molecule has 6 heteroatoms. The maximum atomic E-state index is 12.7. The number of aliphatic hydroxyl groups is 1. The summed E-state index contributed by atoms with van der Waals surface area (Å²) in [5, 5.41) is 18.1. The molecule has 0 aliphatic carbocycles. The Labute approximate surface area is 175 Å². The number of nitriles is 1. The van der Waals surface area contributed by atoms with E-state index in [-0.39, 0.29) is 6.61 Å². The number of unbranched alkanes of at least 4 members (excludes halogenated alkanes) is 5. The zero-order valence-electron chi connectivity index (χ0n) is 16.8. The van der Waals surface area contributed by atoms with E-state index < -0.39 is 11.7 Å². The third-order valence-electron chi connectivity index (χ3n) is 4.66. The molecule has 2 aromatic rings. The van der Waals surface area contributed by atoms with Gasteiger partial charge in [-0.1, -0.05) is 49.9 Å². The molecule has 0 radical (unpaired) electrons. The van der Waals surface area contributed by atoms with Gasteiger partial charge in [0.25, 0.3) is 0 Å². The van der Waals surface area contributed by atoms with Crippen LogP contribution in [0.3, 0.4) is 0 Å². The van der Waals surface area contributed by atoms with Crippen molar-refractivity contribution in [1.82, 2.24) is 0 Å². The van der Waals surface area contributed by atoms with Crippen molar-refractivity contribution in [2.24, 2.45) is 0 Å². The normalized spacial score (nSPS) is 11.9. The molecule has 0 fully saturated rings. The average Bonchev–Trinajstić information content (AvgIpc) is 2.74. The minimum atomic E-state index is -4.40. The molecular weight excluding hydrogens is 391 g/mol. The fourth-order valence-electron chi connectivity index (χ4n) is 2.96. The molecule has 0 saturated carbocycles. The summed E-state index contributed by atoms with van der Waals surface area (Å²) in [7, 11) is 0. The molecule has 0 spiro atoms. The van der Waals surface area contributed by atoms with E-state index in [1.165, 1.54) is 12.1 Å². The van der Waals surface area contributed by atoms with Gasteiger partial charge in [-0.25, -0.2) is 0 Å². The monoisotopic (exact) mass is 417 g/mol. The zero-order valence-corrected chi connectivity index (χ0v) is 16.8. The lowest BCUT2D eigenvalue weighted by Gasteiger charge is -2.08. The number of halogens is 3. The Morgan fingerprint density at radius 1 is 0.900 bits per heavy atom. The molecule has 160 valence electrons. The lowest BCUT2D eigenvalue weighted by molar-refractivity contribution is -0.137. The van der Waals surface area contributed by atoms with Crippen LogP contribution in [0, 0.1) is 11.3 Å². The second kappa shape index (κ2) is 12.0. The second-order valence-electron chi connectivity index (χ2n) is 7.01. The van der Waals surface area contributed by atoms with Crippen molar-refractivity contribution in [1.29, 1.82) is 5.26 Å². The van der Waals surface area contributed by atoms with Crippen molar-refractivity contribution in [3.05, 3.63) is 65.2 Å². The Kier molecular flexibility index (Phi) is 9.43. The highest BCUT2D eigenvalue weighted by Crippen LogP contribution is 2.30. The molecule has 0 aromatic heterocycles. The van der Waals surface area contributed by atoms with Gasteiger partial charge in [-0.3, -0.25) is 0 Å². The molecule has 1 N–H and O–H groups in total. The summed E-state index contributed by atoms with van der Waals surface area (Å²) in [6.07, 6.45) is 3.48. The third kappa shape index (κ3) is 7.92. The second-order valence-corrected chi connectivity index (χ2v) is 7.01. The van der Waals surface area contributed by atoms with E-state index in [4.69, 9.17) is 9.84 Å². The first-order valence-electron chi connectivity index (χ1n) is 10.1. The van der Waals surface area contributed by atoms with Crippen LogP contribution in [-0.2, 0) is 6.18 Å². The zero-order chi connectivity index (χ0) is 21.8. The maximum absolute atomic E-state index is 12.7. The fraction of sp³-hybridized carbons (Fsp3) is 0.375. The number of aliphatic hydroxyl groups excluding tert-OH is 1. The van der Waals surface area contributed by atoms with E-state index in [9.17, 15) is 18.4 Å². The Hall–Kier alpha value is -2.78. The molecule has 0 unspecified atom stereocenters. The summed E-state index contributed by atoms with van der Waals surface area (Å²) in [6.45, 7) is 0.888. The number of hydrogen-bond donors (Lipinski definition) is 1. The summed E-state index contributed by atoms with van der Waals surface area (Å²) in [4.78, 5) is 0. The van der Waals surface area contributed by atoms with Crippen LogP contribution in [0.5, 0.6) is 5.75 Å². The van der Waals surface area contributed by atoms with Crippen LogP contribution in [0.1, 0.15) is 55.2 Å². The van der Waals surface area contributed by atoms with Gasteiger partial charge >= 0.3 is 6.18 Å². The van der Waals surface area contributed by atoms with Crippen LogP contribution < -0.4 is 4.74 Å². The number of benzene rings is 2. The van der Waals surface area contributed by atoms with E-state index in [0.29, 0.717) is 17.7 Å². The van der Waals surface area contributed by atoms with Crippen LogP contribution >= 0.6 is 0 Å². The van der Waals surface area contributed by atoms with E-state index in [1.807, 2.05) is 30.3 Å². The van der Waals surface area contributed by atoms with Crippen molar-refractivity contribution in [2.75, 3.05) is 13.2 Å². The minimum Gasteiger partial charge on any atom is -0.494 e. The maximum Gasteiger partial charge on any atom is 0.416 e. The Morgan fingerprint density at radius 3 is 2.07 bits per heavy atom. The van der Waals surface area contributed by atoms with Crippen molar-refractivity contribution >= 4 is 11.6 Å². The molecule has 2 aromatic carbocycles. The lowest BCUT2D eigenvalue weighted by atomic mass is 10.0. The fourth-order valence-corrected chi connectivity index (χ4v) is 2.96. The molecule has 30 heavy (non-hydrogen) atoms. The molecule has 0 bridgehead atoms. The van der Waals surface area contributed by atoms with Crippen molar-refractivity contribution < 1.29 is 23.0 Å². The number of nitrogens with zero attached hydrogens (tertiary/aromatic N) is 1. The topological polar surface area (TPSA) is 53.2 Å². The Balaban J connectivity index is 1.87. The summed E-state index contributed by atoms with van der Waals surface area (Å²) in [6, 6.07) is 13.9. The summed E-state index contributed by atoms with van der Waals surface area (Å²) in [5.74, 6) is 0.737. The summed E-state index contributed by atoms with van der Waals surface area (Å²) >= 11 is 0. The number of hydrogen-bond acceptors (Lipinski definition) is 3. The largest absolute Gasteiger partial charge is 0.494 e. The highest BCUT2D eigenvalue weighted by atomic mass is 19.4. The first-order valence-corrected chi connectivity index (χ1v) is 10.1. The van der Waals surface area contributed by atoms with Gasteiger partial charge in [-0.2, -0.15) is 18.4 Å². The van der Waals surface area contributed by atoms with E-state index in [2.05, 4.69) is 0 Å². The highest BCUT2D eigenvalue weighted by Gasteiger charge is 2.30. The van der Waals surface area contributed by atoms with Crippen molar-refractivity contribution in [3.8, 4) is 11.8 Å². The van der Waals surface area contributed by atoms with E-state index in [0.717, 1.165) is 62.0 Å². The molecule has 0 aliphatic rings. The molecule has 0 saturated heterocycles.